The van der Waals surface area contributed by atoms with Crippen molar-refractivity contribution in [2.24, 2.45) is 5.92 Å². The lowest BCUT2D eigenvalue weighted by Gasteiger charge is -2.47. The number of carbonyl (C=O) groups excluding carboxylic acids is 2. The van der Waals surface area contributed by atoms with E-state index in [0.717, 1.165) is 25.8 Å². The quantitative estimate of drug-likeness (QED) is 0.817. The number of rotatable bonds is 4. The molecule has 0 unspecified atom stereocenters. The molecule has 2 aromatic rings. The van der Waals surface area contributed by atoms with Crippen molar-refractivity contribution in [2.45, 2.75) is 45.6 Å². The van der Waals surface area contributed by atoms with Gasteiger partial charge < -0.3 is 14.2 Å². The molecule has 2 fully saturated rings. The van der Waals surface area contributed by atoms with Gasteiger partial charge in [0.05, 0.1) is 0 Å². The fourth-order valence-corrected chi connectivity index (χ4v) is 4.60. The van der Waals surface area contributed by atoms with Crippen LogP contribution in [0.5, 0.6) is 0 Å². The number of amides is 2. The normalized spacial score (nSPS) is 22.3. The van der Waals surface area contributed by atoms with Gasteiger partial charge in [-0.15, -0.1) is 0 Å². The summed E-state index contributed by atoms with van der Waals surface area (Å²) in [5.41, 5.74) is 1.67. The molecule has 2 aliphatic rings. The Kier molecular flexibility index (Phi) is 5.20. The van der Waals surface area contributed by atoms with Gasteiger partial charge in [-0.2, -0.15) is 0 Å². The zero-order chi connectivity index (χ0) is 19.7. The van der Waals surface area contributed by atoms with Crippen LogP contribution in [-0.4, -0.2) is 52.3 Å². The SMILES string of the molecule is Cc1nc(C(=O)N2CC[C@@H]3[C@@H](CCC(=O)N3CCc3ccccc3)C2)c(C)o1. The molecule has 6 heteroatoms. The molecule has 28 heavy (non-hydrogen) atoms. The minimum Gasteiger partial charge on any atom is -0.445 e. The summed E-state index contributed by atoms with van der Waals surface area (Å²) in [4.78, 5) is 33.7. The van der Waals surface area contributed by atoms with Crippen LogP contribution in [0.4, 0.5) is 0 Å². The van der Waals surface area contributed by atoms with E-state index >= 15 is 0 Å². The lowest BCUT2D eigenvalue weighted by atomic mass is 9.83. The van der Waals surface area contributed by atoms with Gasteiger partial charge in [-0.3, -0.25) is 9.59 Å². The average molecular weight is 381 g/mol. The molecule has 3 heterocycles. The van der Waals surface area contributed by atoms with Crippen LogP contribution >= 0.6 is 0 Å². The van der Waals surface area contributed by atoms with Crippen LogP contribution < -0.4 is 0 Å². The van der Waals surface area contributed by atoms with E-state index in [1.165, 1.54) is 5.56 Å². The van der Waals surface area contributed by atoms with Crippen LogP contribution in [0.2, 0.25) is 0 Å². The predicted octanol–water partition coefficient (Wildman–Crippen LogP) is 2.99. The minimum atomic E-state index is -0.0551. The first-order valence-electron chi connectivity index (χ1n) is 10.1. The molecule has 0 radical (unpaired) electrons. The van der Waals surface area contributed by atoms with E-state index in [1.54, 1.807) is 13.8 Å². The van der Waals surface area contributed by atoms with Crippen LogP contribution in [0, 0.1) is 19.8 Å². The first-order chi connectivity index (χ1) is 13.5. The summed E-state index contributed by atoms with van der Waals surface area (Å²) < 4.78 is 5.43. The van der Waals surface area contributed by atoms with Gasteiger partial charge in [-0.1, -0.05) is 30.3 Å². The third-order valence-corrected chi connectivity index (χ3v) is 6.02. The molecule has 2 amide bonds. The van der Waals surface area contributed by atoms with Crippen molar-refractivity contribution in [3.05, 3.63) is 53.2 Å². The van der Waals surface area contributed by atoms with E-state index in [4.69, 9.17) is 4.42 Å². The third kappa shape index (κ3) is 3.68. The molecule has 6 nitrogen and oxygen atoms in total. The van der Waals surface area contributed by atoms with Crippen molar-refractivity contribution in [2.75, 3.05) is 19.6 Å². The predicted molar refractivity (Wildman–Crippen MR) is 105 cm³/mol. The Morgan fingerprint density at radius 1 is 1.21 bits per heavy atom. The van der Waals surface area contributed by atoms with Gasteiger partial charge in [-0.25, -0.2) is 4.98 Å². The molecular weight excluding hydrogens is 354 g/mol. The number of aryl methyl sites for hydroxylation is 2. The maximum absolute atomic E-state index is 12.9. The van der Waals surface area contributed by atoms with Gasteiger partial charge in [0.25, 0.3) is 5.91 Å². The summed E-state index contributed by atoms with van der Waals surface area (Å²) in [6.45, 7) is 5.63. The number of aromatic nitrogens is 1. The van der Waals surface area contributed by atoms with Gasteiger partial charge in [0.2, 0.25) is 5.91 Å². The van der Waals surface area contributed by atoms with Gasteiger partial charge in [0, 0.05) is 39.0 Å². The van der Waals surface area contributed by atoms with E-state index in [0.29, 0.717) is 42.8 Å². The molecule has 2 atom stereocenters. The number of likely N-dealkylation sites (tertiary alicyclic amines) is 2. The van der Waals surface area contributed by atoms with Crippen molar-refractivity contribution in [1.29, 1.82) is 0 Å². The van der Waals surface area contributed by atoms with E-state index in [-0.39, 0.29) is 17.9 Å². The summed E-state index contributed by atoms with van der Waals surface area (Å²) in [6.07, 6.45) is 3.12. The Labute approximate surface area is 165 Å². The Hall–Kier alpha value is -2.63. The molecule has 0 aliphatic carbocycles. The van der Waals surface area contributed by atoms with Crippen LogP contribution in [0.15, 0.2) is 34.7 Å². The zero-order valence-corrected chi connectivity index (χ0v) is 16.6. The largest absolute Gasteiger partial charge is 0.445 e. The third-order valence-electron chi connectivity index (χ3n) is 6.02. The number of benzene rings is 1. The number of nitrogens with zero attached hydrogens (tertiary/aromatic N) is 3. The maximum atomic E-state index is 12.9. The van der Waals surface area contributed by atoms with Crippen molar-refractivity contribution in [3.8, 4) is 0 Å². The highest BCUT2D eigenvalue weighted by molar-refractivity contribution is 5.93. The molecule has 0 spiro atoms. The summed E-state index contributed by atoms with van der Waals surface area (Å²) in [5, 5.41) is 0. The summed E-state index contributed by atoms with van der Waals surface area (Å²) in [6, 6.07) is 10.5. The van der Waals surface area contributed by atoms with Gasteiger partial charge in [0.15, 0.2) is 11.6 Å². The standard InChI is InChI=1S/C22H27N3O3/c1-15-21(23-16(2)28-15)22(27)24-12-11-19-18(14-24)8-9-20(26)25(19)13-10-17-6-4-3-5-7-17/h3-7,18-19H,8-14H2,1-2H3/t18-,19+/m0/s1. The first-order valence-corrected chi connectivity index (χ1v) is 10.1. The van der Waals surface area contributed by atoms with Crippen molar-refractivity contribution in [1.82, 2.24) is 14.8 Å². The molecular formula is C22H27N3O3. The van der Waals surface area contributed by atoms with Crippen LogP contribution in [0.3, 0.4) is 0 Å². The zero-order valence-electron chi connectivity index (χ0n) is 16.6. The molecule has 2 aliphatic heterocycles. The molecule has 148 valence electrons. The smallest absolute Gasteiger partial charge is 0.276 e. The van der Waals surface area contributed by atoms with Gasteiger partial charge in [-0.05, 0) is 37.7 Å². The van der Waals surface area contributed by atoms with Crippen molar-refractivity contribution >= 4 is 11.8 Å². The number of carbonyl (C=O) groups is 2. The van der Waals surface area contributed by atoms with Crippen molar-refractivity contribution < 1.29 is 14.0 Å². The van der Waals surface area contributed by atoms with Gasteiger partial charge >= 0.3 is 0 Å². The first kappa shape index (κ1) is 18.7. The topological polar surface area (TPSA) is 66.7 Å². The van der Waals surface area contributed by atoms with E-state index < -0.39 is 0 Å². The Morgan fingerprint density at radius 2 is 2.00 bits per heavy atom. The second-order valence-corrected chi connectivity index (χ2v) is 7.87. The highest BCUT2D eigenvalue weighted by Gasteiger charge is 2.40. The Balaban J connectivity index is 1.42. The average Bonchev–Trinajstić information content (AvgIpc) is 3.05. The van der Waals surface area contributed by atoms with E-state index in [2.05, 4.69) is 22.0 Å². The second kappa shape index (κ2) is 7.78. The maximum Gasteiger partial charge on any atom is 0.276 e. The van der Waals surface area contributed by atoms with Crippen molar-refractivity contribution in [3.63, 3.8) is 0 Å². The lowest BCUT2D eigenvalue weighted by molar-refractivity contribution is -0.140. The Bertz CT molecular complexity index is 861. The number of piperidine rings is 2. The number of fused-ring (bicyclic) bond motifs is 1. The highest BCUT2D eigenvalue weighted by atomic mass is 16.4. The lowest BCUT2D eigenvalue weighted by Crippen LogP contribution is -2.57. The van der Waals surface area contributed by atoms with E-state index in [1.807, 2.05) is 23.1 Å². The fraction of sp³-hybridized carbons (Fsp3) is 0.500. The van der Waals surface area contributed by atoms with Crippen LogP contribution in [-0.2, 0) is 11.2 Å². The molecule has 0 N–H and O–H groups in total. The number of oxazole rings is 1. The van der Waals surface area contributed by atoms with Gasteiger partial charge in [0.1, 0.15) is 5.76 Å². The summed E-state index contributed by atoms with van der Waals surface area (Å²) in [5.74, 6) is 1.62. The number of hydrogen-bond acceptors (Lipinski definition) is 4. The molecule has 4 rings (SSSR count). The molecule has 1 aromatic carbocycles. The highest BCUT2D eigenvalue weighted by Crippen LogP contribution is 2.32. The molecule has 0 bridgehead atoms. The number of hydrogen-bond donors (Lipinski definition) is 0. The Morgan fingerprint density at radius 3 is 2.71 bits per heavy atom. The fourth-order valence-electron chi connectivity index (χ4n) is 4.60. The molecule has 0 saturated carbocycles. The van der Waals surface area contributed by atoms with E-state index in [9.17, 15) is 9.59 Å². The summed E-state index contributed by atoms with van der Waals surface area (Å²) >= 11 is 0. The minimum absolute atomic E-state index is 0.0551. The monoisotopic (exact) mass is 381 g/mol. The molecule has 1 aromatic heterocycles. The summed E-state index contributed by atoms with van der Waals surface area (Å²) in [7, 11) is 0. The molecule has 2 saturated heterocycles. The van der Waals surface area contributed by atoms with Crippen LogP contribution in [0.1, 0.15) is 47.0 Å². The second-order valence-electron chi connectivity index (χ2n) is 7.87. The van der Waals surface area contributed by atoms with Crippen LogP contribution in [0.25, 0.3) is 0 Å².